The van der Waals surface area contributed by atoms with E-state index in [-0.39, 0.29) is 24.4 Å². The van der Waals surface area contributed by atoms with Gasteiger partial charge >= 0.3 is 0 Å². The van der Waals surface area contributed by atoms with Crippen LogP contribution >= 0.6 is 11.6 Å². The predicted molar refractivity (Wildman–Crippen MR) is 147 cm³/mol. The molecule has 2 amide bonds. The summed E-state index contributed by atoms with van der Waals surface area (Å²) in [5, 5.41) is 4.76. The number of likely N-dealkylation sites (tertiary alicyclic amines) is 1. The quantitative estimate of drug-likeness (QED) is 0.279. The number of methoxy groups -OCH3 is 1. The van der Waals surface area contributed by atoms with Crippen molar-refractivity contribution < 1.29 is 18.8 Å². The molecule has 1 unspecified atom stereocenters. The first kappa shape index (κ1) is 26.4. The zero-order valence-electron chi connectivity index (χ0n) is 21.6. The summed E-state index contributed by atoms with van der Waals surface area (Å²) in [7, 11) is 1.58. The molecule has 1 atom stereocenters. The summed E-state index contributed by atoms with van der Waals surface area (Å²) in [6.07, 6.45) is 2.51. The lowest BCUT2D eigenvalue weighted by molar-refractivity contribution is -0.136. The fourth-order valence-electron chi connectivity index (χ4n) is 4.75. The minimum Gasteiger partial charge on any atom is -0.497 e. The first-order valence-electron chi connectivity index (χ1n) is 12.9. The number of aromatic nitrogens is 2. The Hall–Kier alpha value is -4.17. The standard InChI is InChI=1S/C30H29ClN4O4/c1-38-25-16-12-23(13-17-25)30(37)34(19-21-7-3-2-4-8-21)20-27(36)35-18-6-5-9-26(35)29-32-28(33-39-29)22-10-14-24(31)15-11-22/h2-4,7-8,10-17,26H,5-6,9,18-20H2,1H3. The molecule has 2 heterocycles. The molecule has 8 nitrogen and oxygen atoms in total. The van der Waals surface area contributed by atoms with E-state index in [1.54, 1.807) is 53.3 Å². The van der Waals surface area contributed by atoms with Gasteiger partial charge in [0.2, 0.25) is 17.6 Å². The van der Waals surface area contributed by atoms with Crippen LogP contribution in [0.4, 0.5) is 0 Å². The highest BCUT2D eigenvalue weighted by Gasteiger charge is 2.34. The van der Waals surface area contributed by atoms with E-state index in [2.05, 4.69) is 10.1 Å². The summed E-state index contributed by atoms with van der Waals surface area (Å²) in [6, 6.07) is 23.4. The van der Waals surface area contributed by atoms with E-state index in [1.165, 1.54) is 0 Å². The first-order chi connectivity index (χ1) is 19.0. The molecular weight excluding hydrogens is 516 g/mol. The van der Waals surface area contributed by atoms with E-state index in [9.17, 15) is 9.59 Å². The van der Waals surface area contributed by atoms with Gasteiger partial charge in [-0.2, -0.15) is 4.98 Å². The number of nitrogens with zero attached hydrogens (tertiary/aromatic N) is 4. The molecule has 4 aromatic rings. The third-order valence-corrected chi connectivity index (χ3v) is 7.07. The van der Waals surface area contributed by atoms with Crippen LogP contribution in [-0.4, -0.2) is 52.0 Å². The largest absolute Gasteiger partial charge is 0.497 e. The van der Waals surface area contributed by atoms with Crippen LogP contribution in [0.25, 0.3) is 11.4 Å². The van der Waals surface area contributed by atoms with Gasteiger partial charge in [0, 0.05) is 29.2 Å². The summed E-state index contributed by atoms with van der Waals surface area (Å²) in [6.45, 7) is 0.781. The predicted octanol–water partition coefficient (Wildman–Crippen LogP) is 5.79. The smallest absolute Gasteiger partial charge is 0.254 e. The second-order valence-electron chi connectivity index (χ2n) is 9.44. The SMILES string of the molecule is COc1ccc(C(=O)N(CC(=O)N2CCCCC2c2nc(-c3ccc(Cl)cc3)no2)Cc2ccccc2)cc1. The molecule has 0 aliphatic carbocycles. The van der Waals surface area contributed by atoms with Crippen LogP contribution in [0.1, 0.15) is 47.1 Å². The van der Waals surface area contributed by atoms with Crippen molar-refractivity contribution in [2.75, 3.05) is 20.2 Å². The Balaban J connectivity index is 1.37. The maximum Gasteiger partial charge on any atom is 0.254 e. The lowest BCUT2D eigenvalue weighted by atomic mass is 10.0. The minimum atomic E-state index is -0.352. The third kappa shape index (κ3) is 6.29. The second-order valence-corrected chi connectivity index (χ2v) is 9.87. The van der Waals surface area contributed by atoms with E-state index < -0.39 is 0 Å². The number of halogens is 1. The Bertz CT molecular complexity index is 1410. The zero-order chi connectivity index (χ0) is 27.2. The highest BCUT2D eigenvalue weighted by atomic mass is 35.5. The second kappa shape index (κ2) is 12.1. The van der Waals surface area contributed by atoms with E-state index in [4.69, 9.17) is 20.9 Å². The highest BCUT2D eigenvalue weighted by Crippen LogP contribution is 2.32. The summed E-state index contributed by atoms with van der Waals surface area (Å²) in [4.78, 5) is 35.3. The van der Waals surface area contributed by atoms with Crippen LogP contribution < -0.4 is 4.74 Å². The van der Waals surface area contributed by atoms with Crippen molar-refractivity contribution in [2.45, 2.75) is 31.8 Å². The van der Waals surface area contributed by atoms with Crippen molar-refractivity contribution in [2.24, 2.45) is 0 Å². The summed E-state index contributed by atoms with van der Waals surface area (Å²) >= 11 is 6.01. The Kier molecular flexibility index (Phi) is 8.22. The molecule has 1 saturated heterocycles. The number of piperidine rings is 1. The van der Waals surface area contributed by atoms with Crippen LogP contribution in [-0.2, 0) is 11.3 Å². The van der Waals surface area contributed by atoms with E-state index in [0.717, 1.165) is 24.0 Å². The molecule has 0 bridgehead atoms. The Morgan fingerprint density at radius 1 is 1.03 bits per heavy atom. The Labute approximate surface area is 232 Å². The fourth-order valence-corrected chi connectivity index (χ4v) is 4.87. The van der Waals surface area contributed by atoms with Crippen molar-refractivity contribution in [3.05, 3.63) is 101 Å². The molecule has 3 aromatic carbocycles. The molecule has 0 saturated carbocycles. The monoisotopic (exact) mass is 544 g/mol. The zero-order valence-corrected chi connectivity index (χ0v) is 22.4. The number of carbonyl (C=O) groups is 2. The van der Waals surface area contributed by atoms with Crippen LogP contribution in [0.3, 0.4) is 0 Å². The lowest BCUT2D eigenvalue weighted by Gasteiger charge is -2.35. The van der Waals surface area contributed by atoms with Gasteiger partial charge in [-0.05, 0) is 73.4 Å². The average Bonchev–Trinajstić information content (AvgIpc) is 3.48. The molecule has 39 heavy (non-hydrogen) atoms. The summed E-state index contributed by atoms with van der Waals surface area (Å²) < 4.78 is 10.9. The van der Waals surface area contributed by atoms with Gasteiger partial charge in [0.05, 0.1) is 7.11 Å². The average molecular weight is 545 g/mol. The lowest BCUT2D eigenvalue weighted by Crippen LogP contribution is -2.45. The van der Waals surface area contributed by atoms with Gasteiger partial charge in [0.1, 0.15) is 18.3 Å². The van der Waals surface area contributed by atoms with Crippen LogP contribution in [0.15, 0.2) is 83.4 Å². The molecule has 0 spiro atoms. The van der Waals surface area contributed by atoms with E-state index in [1.807, 2.05) is 42.5 Å². The summed E-state index contributed by atoms with van der Waals surface area (Å²) in [5.74, 6) is 1.10. The van der Waals surface area contributed by atoms with Gasteiger partial charge in [-0.3, -0.25) is 9.59 Å². The molecule has 1 aromatic heterocycles. The number of hydrogen-bond donors (Lipinski definition) is 0. The normalized spacial score (nSPS) is 15.1. The van der Waals surface area contributed by atoms with Crippen molar-refractivity contribution >= 4 is 23.4 Å². The highest BCUT2D eigenvalue weighted by molar-refractivity contribution is 6.30. The van der Waals surface area contributed by atoms with Gasteiger partial charge < -0.3 is 19.1 Å². The maximum atomic E-state index is 13.7. The van der Waals surface area contributed by atoms with Crippen molar-refractivity contribution in [1.29, 1.82) is 0 Å². The maximum absolute atomic E-state index is 13.7. The van der Waals surface area contributed by atoms with Crippen LogP contribution in [0, 0.1) is 0 Å². The van der Waals surface area contributed by atoms with Crippen LogP contribution in [0.5, 0.6) is 5.75 Å². The van der Waals surface area contributed by atoms with E-state index in [0.29, 0.717) is 47.6 Å². The van der Waals surface area contributed by atoms with Crippen molar-refractivity contribution in [3.8, 4) is 17.1 Å². The number of rotatable bonds is 8. The first-order valence-corrected chi connectivity index (χ1v) is 13.3. The van der Waals surface area contributed by atoms with Crippen LogP contribution in [0.2, 0.25) is 5.02 Å². The number of benzene rings is 3. The number of hydrogen-bond acceptors (Lipinski definition) is 6. The Morgan fingerprint density at radius 3 is 2.49 bits per heavy atom. The molecule has 9 heteroatoms. The third-order valence-electron chi connectivity index (χ3n) is 6.82. The Morgan fingerprint density at radius 2 is 1.77 bits per heavy atom. The molecule has 1 aliphatic heterocycles. The van der Waals surface area contributed by atoms with Gasteiger partial charge in [-0.25, -0.2) is 0 Å². The van der Waals surface area contributed by atoms with Gasteiger partial charge in [-0.15, -0.1) is 0 Å². The van der Waals surface area contributed by atoms with Gasteiger partial charge in [-0.1, -0.05) is 47.1 Å². The molecular formula is C30H29ClN4O4. The molecule has 1 aliphatic rings. The van der Waals surface area contributed by atoms with E-state index >= 15 is 0 Å². The molecule has 0 N–H and O–H groups in total. The number of carbonyl (C=O) groups excluding carboxylic acids is 2. The minimum absolute atomic E-state index is 0.0750. The molecule has 200 valence electrons. The van der Waals surface area contributed by atoms with Crippen molar-refractivity contribution in [1.82, 2.24) is 19.9 Å². The van der Waals surface area contributed by atoms with Gasteiger partial charge in [0.15, 0.2) is 0 Å². The molecule has 1 fully saturated rings. The number of amides is 2. The summed E-state index contributed by atoms with van der Waals surface area (Å²) in [5.41, 5.74) is 2.20. The molecule has 5 rings (SSSR count). The van der Waals surface area contributed by atoms with Gasteiger partial charge in [0.25, 0.3) is 5.91 Å². The number of ether oxygens (including phenoxy) is 1. The fraction of sp³-hybridized carbons (Fsp3) is 0.267. The topological polar surface area (TPSA) is 88.8 Å². The van der Waals surface area contributed by atoms with Crippen molar-refractivity contribution in [3.63, 3.8) is 0 Å². The molecule has 0 radical (unpaired) electrons.